The van der Waals surface area contributed by atoms with E-state index < -0.39 is 16.1 Å². The number of carbonyl (C=O) groups is 1. The smallest absolute Gasteiger partial charge is 0.405 e. The van der Waals surface area contributed by atoms with Gasteiger partial charge in [-0.15, -0.1) is 0 Å². The molecule has 0 saturated carbocycles. The molecule has 0 aromatic carbocycles. The number of hydrogen-bond acceptors (Lipinski definition) is 8. The van der Waals surface area contributed by atoms with Gasteiger partial charge in [-0.05, 0) is 43.4 Å². The van der Waals surface area contributed by atoms with E-state index in [1.807, 2.05) is 6.07 Å². The SMILES string of the molecule is CS(=O)(=O)N1CCC(NC(=O)Oc2cnn3ccc(N4CCC[C@@H]4c4cncc(F)c4)nc23)CC1. The number of piperidine rings is 1. The molecule has 3 aromatic heterocycles. The Bertz CT molecular complexity index is 1340. The molecular weight excluding hydrogens is 477 g/mol. The summed E-state index contributed by atoms with van der Waals surface area (Å²) < 4.78 is 45.5. The van der Waals surface area contributed by atoms with E-state index in [4.69, 9.17) is 4.74 Å². The van der Waals surface area contributed by atoms with Crippen molar-refractivity contribution < 1.29 is 22.3 Å². The second-order valence-electron chi connectivity index (χ2n) is 8.82. The predicted octanol–water partition coefficient (Wildman–Crippen LogP) is 2.12. The molecule has 0 radical (unpaired) electrons. The van der Waals surface area contributed by atoms with Gasteiger partial charge in [-0.2, -0.15) is 5.10 Å². The van der Waals surface area contributed by atoms with Crippen LogP contribution in [0.3, 0.4) is 0 Å². The highest BCUT2D eigenvalue weighted by Crippen LogP contribution is 2.35. The van der Waals surface area contributed by atoms with E-state index >= 15 is 0 Å². The van der Waals surface area contributed by atoms with Crippen LogP contribution in [0.5, 0.6) is 5.75 Å². The van der Waals surface area contributed by atoms with Crippen LogP contribution in [0.15, 0.2) is 36.9 Å². The number of pyridine rings is 1. The summed E-state index contributed by atoms with van der Waals surface area (Å²) in [6.45, 7) is 1.45. The molecule has 2 fully saturated rings. The summed E-state index contributed by atoms with van der Waals surface area (Å²) in [6.07, 6.45) is 9.34. The topological polar surface area (TPSA) is 122 Å². The van der Waals surface area contributed by atoms with E-state index in [1.165, 1.54) is 33.5 Å². The van der Waals surface area contributed by atoms with Crippen LogP contribution in [-0.2, 0) is 10.0 Å². The molecule has 11 nitrogen and oxygen atoms in total. The van der Waals surface area contributed by atoms with Crippen molar-refractivity contribution in [1.82, 2.24) is 29.2 Å². The molecule has 2 saturated heterocycles. The van der Waals surface area contributed by atoms with Gasteiger partial charge < -0.3 is 15.0 Å². The molecule has 1 N–H and O–H groups in total. The van der Waals surface area contributed by atoms with Crippen molar-refractivity contribution in [1.29, 1.82) is 0 Å². The highest BCUT2D eigenvalue weighted by molar-refractivity contribution is 7.88. The molecule has 1 atom stereocenters. The summed E-state index contributed by atoms with van der Waals surface area (Å²) in [5.41, 5.74) is 1.17. The molecule has 0 bridgehead atoms. The van der Waals surface area contributed by atoms with Crippen LogP contribution < -0.4 is 15.0 Å². The van der Waals surface area contributed by atoms with Crippen molar-refractivity contribution >= 4 is 27.6 Å². The summed E-state index contributed by atoms with van der Waals surface area (Å²) in [5, 5.41) is 7.01. The molecule has 5 heterocycles. The number of carbonyl (C=O) groups excluding carboxylic acids is 1. The Kier molecular flexibility index (Phi) is 6.28. The second kappa shape index (κ2) is 9.38. The lowest BCUT2D eigenvalue weighted by Gasteiger charge is -2.30. The van der Waals surface area contributed by atoms with E-state index in [1.54, 1.807) is 12.4 Å². The van der Waals surface area contributed by atoms with Crippen LogP contribution in [0.25, 0.3) is 5.65 Å². The molecule has 35 heavy (non-hydrogen) atoms. The number of sulfonamides is 1. The van der Waals surface area contributed by atoms with Crippen LogP contribution in [-0.4, -0.2) is 70.3 Å². The molecular formula is C22H26FN7O4S. The standard InChI is InChI=1S/C22H26FN7O4S/c1-35(32,33)28-8-4-17(5-9-28)26-22(31)34-19-14-25-30-10-6-20(27-21(19)30)29-7-2-3-18(29)15-11-16(23)13-24-12-15/h6,10-14,17-18H,2-5,7-9H2,1H3,(H,26,31)/t18-/m1/s1. The number of hydrogen-bond donors (Lipinski definition) is 1. The quantitative estimate of drug-likeness (QED) is 0.562. The number of amides is 1. The summed E-state index contributed by atoms with van der Waals surface area (Å²) in [5.74, 6) is 0.501. The van der Waals surface area contributed by atoms with E-state index in [-0.39, 0.29) is 23.7 Å². The van der Waals surface area contributed by atoms with Crippen LogP contribution in [0, 0.1) is 5.82 Å². The fourth-order valence-corrected chi connectivity index (χ4v) is 5.57. The minimum Gasteiger partial charge on any atom is -0.405 e. The molecule has 186 valence electrons. The van der Waals surface area contributed by atoms with E-state index in [2.05, 4.69) is 25.3 Å². The maximum absolute atomic E-state index is 13.7. The first-order valence-corrected chi connectivity index (χ1v) is 13.3. The highest BCUT2D eigenvalue weighted by Gasteiger charge is 2.29. The Morgan fingerprint density at radius 1 is 1.17 bits per heavy atom. The van der Waals surface area contributed by atoms with Gasteiger partial charge in [0.2, 0.25) is 15.7 Å². The predicted molar refractivity (Wildman–Crippen MR) is 125 cm³/mol. The molecule has 3 aromatic rings. The van der Waals surface area contributed by atoms with Crippen molar-refractivity contribution in [2.45, 2.75) is 37.8 Å². The van der Waals surface area contributed by atoms with Crippen molar-refractivity contribution in [2.24, 2.45) is 0 Å². The summed E-state index contributed by atoms with van der Waals surface area (Å²) in [4.78, 5) is 23.3. The Labute approximate surface area is 202 Å². The van der Waals surface area contributed by atoms with Gasteiger partial charge in [0.1, 0.15) is 11.6 Å². The number of nitrogens with one attached hydrogen (secondary N) is 1. The summed E-state index contributed by atoms with van der Waals surface area (Å²) >= 11 is 0. The number of aromatic nitrogens is 4. The normalized spacial score (nSPS) is 19.8. The van der Waals surface area contributed by atoms with Gasteiger partial charge in [0.15, 0.2) is 5.75 Å². The summed E-state index contributed by atoms with van der Waals surface area (Å²) in [6, 6.07) is 3.08. The number of halogens is 1. The first-order chi connectivity index (χ1) is 16.8. The average Bonchev–Trinajstić information content (AvgIpc) is 3.46. The fourth-order valence-electron chi connectivity index (χ4n) is 4.70. The number of anilines is 1. The highest BCUT2D eigenvalue weighted by atomic mass is 32.2. The second-order valence-corrected chi connectivity index (χ2v) is 10.8. The van der Waals surface area contributed by atoms with Crippen LogP contribution in [0.2, 0.25) is 0 Å². The van der Waals surface area contributed by atoms with Crippen molar-refractivity contribution in [3.63, 3.8) is 0 Å². The first-order valence-electron chi connectivity index (χ1n) is 11.4. The molecule has 13 heteroatoms. The monoisotopic (exact) mass is 503 g/mol. The van der Waals surface area contributed by atoms with Crippen molar-refractivity contribution in [2.75, 3.05) is 30.8 Å². The molecule has 2 aliphatic heterocycles. The van der Waals surface area contributed by atoms with Crippen LogP contribution in [0.1, 0.15) is 37.3 Å². The van der Waals surface area contributed by atoms with E-state index in [0.29, 0.717) is 37.4 Å². The third-order valence-corrected chi connectivity index (χ3v) is 7.73. The van der Waals surface area contributed by atoms with Crippen molar-refractivity contribution in [3.05, 3.63) is 48.3 Å². The van der Waals surface area contributed by atoms with Gasteiger partial charge in [-0.3, -0.25) is 4.98 Å². The number of nitrogens with zero attached hydrogens (tertiary/aromatic N) is 6. The van der Waals surface area contributed by atoms with Crippen LogP contribution in [0.4, 0.5) is 15.0 Å². The van der Waals surface area contributed by atoms with E-state index in [0.717, 1.165) is 24.9 Å². The Morgan fingerprint density at radius 3 is 2.71 bits per heavy atom. The van der Waals surface area contributed by atoms with Gasteiger partial charge in [0, 0.05) is 38.1 Å². The maximum Gasteiger partial charge on any atom is 0.413 e. The molecule has 2 aliphatic rings. The summed E-state index contributed by atoms with van der Waals surface area (Å²) in [7, 11) is -3.23. The molecule has 1 amide bonds. The zero-order chi connectivity index (χ0) is 24.6. The minimum absolute atomic E-state index is 0.0541. The Hall–Kier alpha value is -3.32. The molecule has 0 aliphatic carbocycles. The van der Waals surface area contributed by atoms with Gasteiger partial charge in [0.05, 0.1) is 24.7 Å². The third kappa shape index (κ3) is 5.05. The first kappa shape index (κ1) is 23.4. The van der Waals surface area contributed by atoms with Gasteiger partial charge in [-0.25, -0.2) is 31.4 Å². The number of rotatable bonds is 5. The van der Waals surface area contributed by atoms with Gasteiger partial charge in [-0.1, -0.05) is 0 Å². The third-order valence-electron chi connectivity index (χ3n) is 6.43. The van der Waals surface area contributed by atoms with E-state index in [9.17, 15) is 17.6 Å². The zero-order valence-electron chi connectivity index (χ0n) is 19.2. The molecule has 5 rings (SSSR count). The lowest BCUT2D eigenvalue weighted by molar-refractivity contribution is 0.189. The molecule has 0 unspecified atom stereocenters. The lowest BCUT2D eigenvalue weighted by Crippen LogP contribution is -2.46. The minimum atomic E-state index is -3.23. The maximum atomic E-state index is 13.7. The van der Waals surface area contributed by atoms with Gasteiger partial charge >= 0.3 is 6.09 Å². The number of ether oxygens (including phenoxy) is 1. The van der Waals surface area contributed by atoms with Crippen LogP contribution >= 0.6 is 0 Å². The Morgan fingerprint density at radius 2 is 1.97 bits per heavy atom. The van der Waals surface area contributed by atoms with Gasteiger partial charge in [0.25, 0.3) is 0 Å². The number of fused-ring (bicyclic) bond motifs is 1. The largest absolute Gasteiger partial charge is 0.413 e. The molecule has 0 spiro atoms. The zero-order valence-corrected chi connectivity index (χ0v) is 20.0. The lowest BCUT2D eigenvalue weighted by atomic mass is 10.1. The Balaban J connectivity index is 1.28. The fraction of sp³-hybridized carbons (Fsp3) is 0.455. The average molecular weight is 504 g/mol. The van der Waals surface area contributed by atoms with Crippen molar-refractivity contribution in [3.8, 4) is 5.75 Å².